The van der Waals surface area contributed by atoms with Gasteiger partial charge in [0.25, 0.3) is 11.6 Å². The number of nitro benzene ring substituents is 1. The number of Topliss-reactive ketones (excluding diaryl/α,β-unsaturated/α-hetero) is 1. The molecule has 1 atom stereocenters. The van der Waals surface area contributed by atoms with E-state index in [2.05, 4.69) is 5.32 Å². The van der Waals surface area contributed by atoms with E-state index in [-0.39, 0.29) is 28.2 Å². The smallest absolute Gasteiger partial charge is 0.337 e. The number of nitrogens with zero attached hydrogens (tertiary/aromatic N) is 2. The van der Waals surface area contributed by atoms with E-state index in [1.165, 1.54) is 31.4 Å². The molecule has 2 aliphatic heterocycles. The van der Waals surface area contributed by atoms with Crippen molar-refractivity contribution in [3.05, 3.63) is 62.5 Å². The van der Waals surface area contributed by atoms with Gasteiger partial charge in [0, 0.05) is 48.8 Å². The molecule has 1 aliphatic carbocycles. The number of fused-ring (bicyclic) bond motifs is 2. The SMILES string of the molecule is COC(=O)C1=C2C(=O)NCCN2C2=C(C(=O)CC(C)(C)C2)[C@H]1c1ccc([N+](=O)[O-])cc1. The Labute approximate surface area is 178 Å². The lowest BCUT2D eigenvalue weighted by Gasteiger charge is -2.46. The van der Waals surface area contributed by atoms with Crippen molar-refractivity contribution in [2.45, 2.75) is 32.6 Å². The molecule has 0 unspecified atom stereocenters. The number of piperazine rings is 1. The molecule has 1 saturated heterocycles. The minimum Gasteiger partial charge on any atom is -0.466 e. The van der Waals surface area contributed by atoms with Crippen molar-refractivity contribution in [3.8, 4) is 0 Å². The molecule has 0 spiro atoms. The number of hydrogen-bond donors (Lipinski definition) is 1. The van der Waals surface area contributed by atoms with Gasteiger partial charge in [0.2, 0.25) is 0 Å². The standard InChI is InChI=1S/C22H23N3O6/c1-22(2)10-14-17(15(26)11-22)16(12-4-6-13(7-5-12)25(29)30)18(21(28)31-3)19-20(27)23-8-9-24(14)19/h4-7,16H,8-11H2,1-3H3,(H,23,27)/t16-/m1/s1. The number of esters is 1. The van der Waals surface area contributed by atoms with Gasteiger partial charge < -0.3 is 15.0 Å². The van der Waals surface area contributed by atoms with E-state index in [4.69, 9.17) is 4.74 Å². The van der Waals surface area contributed by atoms with Crippen LogP contribution in [-0.2, 0) is 19.1 Å². The van der Waals surface area contributed by atoms with Gasteiger partial charge >= 0.3 is 5.97 Å². The Morgan fingerprint density at radius 3 is 2.52 bits per heavy atom. The van der Waals surface area contributed by atoms with Crippen molar-refractivity contribution in [2.24, 2.45) is 5.41 Å². The van der Waals surface area contributed by atoms with Crippen molar-refractivity contribution in [2.75, 3.05) is 20.2 Å². The highest BCUT2D eigenvalue weighted by Gasteiger charge is 2.48. The van der Waals surface area contributed by atoms with Crippen molar-refractivity contribution >= 4 is 23.3 Å². The average molecular weight is 425 g/mol. The summed E-state index contributed by atoms with van der Waals surface area (Å²) in [5.74, 6) is -2.03. The highest BCUT2D eigenvalue weighted by molar-refractivity contribution is 6.09. The molecule has 3 aliphatic rings. The summed E-state index contributed by atoms with van der Waals surface area (Å²) in [5.41, 5.74) is 1.60. The van der Waals surface area contributed by atoms with Gasteiger partial charge in [-0.25, -0.2) is 4.79 Å². The van der Waals surface area contributed by atoms with Crippen LogP contribution in [0.5, 0.6) is 0 Å². The van der Waals surface area contributed by atoms with Crippen LogP contribution in [0.4, 0.5) is 5.69 Å². The van der Waals surface area contributed by atoms with Crippen LogP contribution in [0.2, 0.25) is 0 Å². The highest BCUT2D eigenvalue weighted by atomic mass is 16.6. The number of non-ortho nitro benzene ring substituents is 1. The van der Waals surface area contributed by atoms with E-state index >= 15 is 0 Å². The third-order valence-electron chi connectivity index (χ3n) is 6.00. The number of allylic oxidation sites excluding steroid dienone is 2. The van der Waals surface area contributed by atoms with Crippen LogP contribution in [0.3, 0.4) is 0 Å². The van der Waals surface area contributed by atoms with Crippen molar-refractivity contribution < 1.29 is 24.0 Å². The molecular weight excluding hydrogens is 402 g/mol. The number of amides is 1. The minimum atomic E-state index is -0.832. The Bertz CT molecular complexity index is 1070. The van der Waals surface area contributed by atoms with E-state index in [1.807, 2.05) is 13.8 Å². The fourth-order valence-electron chi connectivity index (χ4n) is 4.73. The van der Waals surface area contributed by atoms with Gasteiger partial charge in [0.05, 0.1) is 17.6 Å². The first kappa shape index (κ1) is 20.8. The zero-order valence-electron chi connectivity index (χ0n) is 17.6. The zero-order chi connectivity index (χ0) is 22.5. The highest BCUT2D eigenvalue weighted by Crippen LogP contribution is 2.50. The molecule has 0 bridgehead atoms. The number of carbonyl (C=O) groups is 3. The molecular formula is C22H23N3O6. The Hall–Kier alpha value is -3.49. The summed E-state index contributed by atoms with van der Waals surface area (Å²) in [6.07, 6.45) is 0.877. The monoisotopic (exact) mass is 425 g/mol. The first-order valence-electron chi connectivity index (χ1n) is 10.0. The normalized spacial score (nSPS) is 22.5. The van der Waals surface area contributed by atoms with Crippen LogP contribution in [0.25, 0.3) is 0 Å². The fourth-order valence-corrected chi connectivity index (χ4v) is 4.73. The molecule has 31 heavy (non-hydrogen) atoms. The molecule has 1 N–H and O–H groups in total. The van der Waals surface area contributed by atoms with Crippen LogP contribution in [-0.4, -0.2) is 47.7 Å². The van der Waals surface area contributed by atoms with Gasteiger partial charge in [0.15, 0.2) is 5.78 Å². The van der Waals surface area contributed by atoms with E-state index in [0.717, 1.165) is 5.70 Å². The maximum Gasteiger partial charge on any atom is 0.337 e. The fraction of sp³-hybridized carbons (Fsp3) is 0.409. The maximum absolute atomic E-state index is 13.3. The van der Waals surface area contributed by atoms with Gasteiger partial charge in [0.1, 0.15) is 5.70 Å². The second-order valence-electron chi connectivity index (χ2n) is 8.74. The predicted molar refractivity (Wildman–Crippen MR) is 110 cm³/mol. The number of nitrogens with one attached hydrogen (secondary N) is 1. The molecule has 4 rings (SSSR count). The third-order valence-corrected chi connectivity index (χ3v) is 6.00. The molecule has 9 nitrogen and oxygen atoms in total. The molecule has 1 aromatic rings. The van der Waals surface area contributed by atoms with Gasteiger partial charge in [-0.2, -0.15) is 0 Å². The number of benzene rings is 1. The van der Waals surface area contributed by atoms with E-state index in [0.29, 0.717) is 37.1 Å². The molecule has 1 amide bonds. The van der Waals surface area contributed by atoms with Gasteiger partial charge in [-0.1, -0.05) is 26.0 Å². The summed E-state index contributed by atoms with van der Waals surface area (Å²) in [5, 5.41) is 13.9. The summed E-state index contributed by atoms with van der Waals surface area (Å²) < 4.78 is 5.01. The zero-order valence-corrected chi connectivity index (χ0v) is 17.6. The van der Waals surface area contributed by atoms with Gasteiger partial charge in [-0.15, -0.1) is 0 Å². The molecule has 1 aromatic carbocycles. The van der Waals surface area contributed by atoms with Crippen LogP contribution in [0.15, 0.2) is 46.8 Å². The lowest BCUT2D eigenvalue weighted by molar-refractivity contribution is -0.384. The number of ether oxygens (including phenoxy) is 1. The largest absolute Gasteiger partial charge is 0.466 e. The number of methoxy groups -OCH3 is 1. The van der Waals surface area contributed by atoms with Crippen molar-refractivity contribution in [1.82, 2.24) is 10.2 Å². The maximum atomic E-state index is 13.3. The number of nitro groups is 1. The summed E-state index contributed by atoms with van der Waals surface area (Å²) in [6.45, 7) is 4.83. The Balaban J connectivity index is 1.99. The van der Waals surface area contributed by atoms with Gasteiger partial charge in [-0.3, -0.25) is 19.7 Å². The molecule has 162 valence electrons. The predicted octanol–water partition coefficient (Wildman–Crippen LogP) is 2.19. The van der Waals surface area contributed by atoms with Crippen molar-refractivity contribution in [3.63, 3.8) is 0 Å². The Morgan fingerprint density at radius 2 is 1.90 bits per heavy atom. The van der Waals surface area contributed by atoms with Crippen LogP contribution >= 0.6 is 0 Å². The number of ketones is 1. The Morgan fingerprint density at radius 1 is 1.23 bits per heavy atom. The molecule has 0 radical (unpaired) electrons. The quantitative estimate of drug-likeness (QED) is 0.448. The summed E-state index contributed by atoms with van der Waals surface area (Å²) in [7, 11) is 1.23. The number of rotatable bonds is 3. The first-order valence-corrected chi connectivity index (χ1v) is 10.0. The molecule has 1 fully saturated rings. The second-order valence-corrected chi connectivity index (χ2v) is 8.74. The topological polar surface area (TPSA) is 119 Å². The molecule has 0 saturated carbocycles. The number of hydrogen-bond acceptors (Lipinski definition) is 7. The van der Waals surface area contributed by atoms with Crippen LogP contribution < -0.4 is 5.32 Å². The first-order chi connectivity index (χ1) is 14.6. The van der Waals surface area contributed by atoms with Gasteiger partial charge in [-0.05, 0) is 17.4 Å². The lowest BCUT2D eigenvalue weighted by Crippen LogP contribution is -2.51. The van der Waals surface area contributed by atoms with Crippen LogP contribution in [0, 0.1) is 15.5 Å². The number of carbonyl (C=O) groups excluding carboxylic acids is 3. The Kier molecular flexibility index (Phi) is 4.91. The minimum absolute atomic E-state index is 0.0837. The van der Waals surface area contributed by atoms with E-state index in [1.54, 1.807) is 4.90 Å². The van der Waals surface area contributed by atoms with Crippen molar-refractivity contribution in [1.29, 1.82) is 0 Å². The molecule has 2 heterocycles. The summed E-state index contributed by atoms with van der Waals surface area (Å²) >= 11 is 0. The summed E-state index contributed by atoms with van der Waals surface area (Å²) in [4.78, 5) is 51.5. The van der Waals surface area contributed by atoms with Crippen LogP contribution in [0.1, 0.15) is 38.2 Å². The van der Waals surface area contributed by atoms with E-state index < -0.39 is 22.7 Å². The average Bonchev–Trinajstić information content (AvgIpc) is 2.72. The summed E-state index contributed by atoms with van der Waals surface area (Å²) in [6, 6.07) is 5.72. The molecule has 9 heteroatoms. The second kappa shape index (κ2) is 7.33. The molecule has 0 aromatic heterocycles. The van der Waals surface area contributed by atoms with E-state index in [9.17, 15) is 24.5 Å². The third kappa shape index (κ3) is 3.39. The lowest BCUT2D eigenvalue weighted by atomic mass is 9.68.